The Bertz CT molecular complexity index is 1120. The maximum Gasteiger partial charge on any atom is 0.265 e. The molecule has 6 heteroatoms. The fourth-order valence-electron chi connectivity index (χ4n) is 4.50. The van der Waals surface area contributed by atoms with Crippen LogP contribution >= 0.6 is 11.8 Å². The molecule has 4 rings (SSSR count). The average Bonchev–Trinajstić information content (AvgIpc) is 2.97. The Balaban J connectivity index is 2.01. The number of benzene rings is 2. The summed E-state index contributed by atoms with van der Waals surface area (Å²) in [6, 6.07) is 16.6. The summed E-state index contributed by atoms with van der Waals surface area (Å²) in [6.07, 6.45) is 5.56. The van der Waals surface area contributed by atoms with Gasteiger partial charge < -0.3 is 0 Å². The predicted octanol–water partition coefficient (Wildman–Crippen LogP) is 4.63. The van der Waals surface area contributed by atoms with Crippen molar-refractivity contribution >= 4 is 27.6 Å². The molecule has 2 aromatic rings. The second kappa shape index (κ2) is 7.18. The minimum atomic E-state index is -3.84. The van der Waals surface area contributed by atoms with Crippen LogP contribution in [-0.2, 0) is 20.4 Å². The van der Waals surface area contributed by atoms with Gasteiger partial charge in [0.2, 0.25) is 0 Å². The fourth-order valence-corrected chi connectivity index (χ4v) is 7.33. The molecule has 1 aliphatic carbocycles. The van der Waals surface area contributed by atoms with E-state index in [1.54, 1.807) is 22.5 Å². The van der Waals surface area contributed by atoms with Gasteiger partial charge in [0.05, 0.1) is 4.90 Å². The minimum Gasteiger partial charge on any atom is -0.295 e. The Morgan fingerprint density at radius 2 is 1.69 bits per heavy atom. The number of rotatable bonds is 4. The van der Waals surface area contributed by atoms with Crippen LogP contribution in [0.5, 0.6) is 0 Å². The molecule has 2 aliphatic rings. The van der Waals surface area contributed by atoms with Crippen molar-refractivity contribution in [2.45, 2.75) is 30.7 Å². The van der Waals surface area contributed by atoms with Crippen LogP contribution in [0.4, 0.5) is 0 Å². The maximum absolute atomic E-state index is 13.9. The lowest BCUT2D eigenvalue weighted by Gasteiger charge is -2.43. The van der Waals surface area contributed by atoms with Gasteiger partial charge in [-0.15, -0.1) is 11.8 Å². The molecule has 0 amide bonds. The molecule has 0 saturated heterocycles. The average molecular weight is 426 g/mol. The molecule has 0 spiro atoms. The van der Waals surface area contributed by atoms with E-state index in [0.29, 0.717) is 12.1 Å². The summed E-state index contributed by atoms with van der Waals surface area (Å²) >= 11 is 1.53. The van der Waals surface area contributed by atoms with E-state index in [2.05, 4.69) is 0 Å². The summed E-state index contributed by atoms with van der Waals surface area (Å²) in [6.45, 7) is 3.78. The number of carbonyl (C=O) groups is 1. The van der Waals surface area contributed by atoms with E-state index in [0.717, 1.165) is 16.0 Å². The first-order valence-corrected chi connectivity index (χ1v) is 12.1. The number of allylic oxidation sites excluding steroid dienone is 2. The first-order chi connectivity index (χ1) is 13.8. The van der Waals surface area contributed by atoms with Crippen molar-refractivity contribution in [1.29, 1.82) is 0 Å². The first-order valence-electron chi connectivity index (χ1n) is 9.47. The van der Waals surface area contributed by atoms with Gasteiger partial charge in [0.25, 0.3) is 10.0 Å². The van der Waals surface area contributed by atoms with E-state index in [1.807, 2.05) is 62.6 Å². The quantitative estimate of drug-likeness (QED) is 0.716. The number of hydrogen-bond acceptors (Lipinski definition) is 4. The number of aryl methyl sites for hydroxylation is 1. The lowest BCUT2D eigenvalue weighted by molar-refractivity contribution is -0.116. The number of hydrogen-bond donors (Lipinski definition) is 0. The normalized spacial score (nSPS) is 24.2. The highest BCUT2D eigenvalue weighted by molar-refractivity contribution is 8.02. The lowest BCUT2D eigenvalue weighted by Crippen LogP contribution is -2.49. The van der Waals surface area contributed by atoms with E-state index < -0.39 is 15.6 Å². The second-order valence-electron chi connectivity index (χ2n) is 7.48. The summed E-state index contributed by atoms with van der Waals surface area (Å²) < 4.78 is 29.3. The lowest BCUT2D eigenvalue weighted by atomic mass is 9.74. The van der Waals surface area contributed by atoms with Gasteiger partial charge in [0.15, 0.2) is 5.78 Å². The molecule has 0 N–H and O–H groups in total. The molecule has 29 heavy (non-hydrogen) atoms. The molecule has 0 aromatic heterocycles. The van der Waals surface area contributed by atoms with Crippen LogP contribution in [0, 0.1) is 12.8 Å². The Labute approximate surface area is 176 Å². The smallest absolute Gasteiger partial charge is 0.265 e. The van der Waals surface area contributed by atoms with Crippen molar-refractivity contribution in [2.24, 2.45) is 5.92 Å². The van der Waals surface area contributed by atoms with E-state index in [9.17, 15) is 13.2 Å². The molecule has 0 saturated carbocycles. The molecule has 0 bridgehead atoms. The molecule has 2 atom stereocenters. The molecule has 150 valence electrons. The van der Waals surface area contributed by atoms with Crippen molar-refractivity contribution < 1.29 is 13.2 Å². The zero-order valence-electron chi connectivity index (χ0n) is 16.6. The van der Waals surface area contributed by atoms with E-state index >= 15 is 0 Å². The van der Waals surface area contributed by atoms with Crippen molar-refractivity contribution in [1.82, 2.24) is 4.31 Å². The van der Waals surface area contributed by atoms with Crippen molar-refractivity contribution in [3.05, 3.63) is 88.5 Å². The Morgan fingerprint density at radius 3 is 2.31 bits per heavy atom. The highest BCUT2D eigenvalue weighted by Gasteiger charge is 2.57. The monoisotopic (exact) mass is 425 g/mol. The SMILES string of the molecule is CSC1=C(C)N(S(=O)(=O)c2ccc(C)cc2)[C@@]2(c3ccccc3)C=CC(=O)C[C@@H]12. The maximum atomic E-state index is 13.9. The van der Waals surface area contributed by atoms with Crippen LogP contribution in [0.3, 0.4) is 0 Å². The van der Waals surface area contributed by atoms with Crippen molar-refractivity contribution in [3.8, 4) is 0 Å². The Kier molecular flexibility index (Phi) is 4.95. The van der Waals surface area contributed by atoms with E-state index in [4.69, 9.17) is 0 Å². The largest absolute Gasteiger partial charge is 0.295 e. The third-order valence-electron chi connectivity index (χ3n) is 5.79. The van der Waals surface area contributed by atoms with Crippen molar-refractivity contribution in [3.63, 3.8) is 0 Å². The molecular formula is C23H23NO3S2. The highest BCUT2D eigenvalue weighted by Crippen LogP contribution is 2.57. The third-order valence-corrected chi connectivity index (χ3v) is 8.73. The van der Waals surface area contributed by atoms with Crippen LogP contribution in [0.1, 0.15) is 24.5 Å². The first kappa shape index (κ1) is 20.0. The number of fused-ring (bicyclic) bond motifs is 1. The summed E-state index contributed by atoms with van der Waals surface area (Å²) in [5.41, 5.74) is 1.61. The summed E-state index contributed by atoms with van der Waals surface area (Å²) in [5, 5.41) is 0. The molecular weight excluding hydrogens is 402 g/mol. The molecule has 1 heterocycles. The Morgan fingerprint density at radius 1 is 1.03 bits per heavy atom. The Hall–Kier alpha value is -2.31. The third kappa shape index (κ3) is 2.97. The molecule has 0 fully saturated rings. The van der Waals surface area contributed by atoms with Gasteiger partial charge in [-0.05, 0) is 50.0 Å². The molecule has 4 nitrogen and oxygen atoms in total. The van der Waals surface area contributed by atoms with Gasteiger partial charge in [-0.1, -0.05) is 48.0 Å². The van der Waals surface area contributed by atoms with Gasteiger partial charge in [0.1, 0.15) is 5.54 Å². The molecule has 2 aromatic carbocycles. The summed E-state index contributed by atoms with van der Waals surface area (Å²) in [4.78, 5) is 13.5. The number of sulfonamides is 1. The molecule has 0 unspecified atom stereocenters. The van der Waals surface area contributed by atoms with Gasteiger partial charge in [-0.25, -0.2) is 8.42 Å². The summed E-state index contributed by atoms with van der Waals surface area (Å²) in [5.74, 6) is -0.215. The number of carbonyl (C=O) groups excluding carboxylic acids is 1. The number of nitrogens with zero attached hydrogens (tertiary/aromatic N) is 1. The van der Waals surface area contributed by atoms with Crippen LogP contribution in [0.15, 0.2) is 82.2 Å². The van der Waals surface area contributed by atoms with E-state index in [-0.39, 0.29) is 16.6 Å². The zero-order chi connectivity index (χ0) is 20.8. The fraction of sp³-hybridized carbons (Fsp3) is 0.261. The molecule has 1 aliphatic heterocycles. The van der Waals surface area contributed by atoms with Crippen LogP contribution < -0.4 is 0 Å². The van der Waals surface area contributed by atoms with Gasteiger partial charge >= 0.3 is 0 Å². The zero-order valence-corrected chi connectivity index (χ0v) is 18.3. The number of ketones is 1. The van der Waals surface area contributed by atoms with E-state index in [1.165, 1.54) is 17.8 Å². The minimum absolute atomic E-state index is 0.0236. The van der Waals surface area contributed by atoms with Gasteiger partial charge in [-0.3, -0.25) is 9.10 Å². The topological polar surface area (TPSA) is 54.5 Å². The molecule has 0 radical (unpaired) electrons. The van der Waals surface area contributed by atoms with Crippen LogP contribution in [-0.4, -0.2) is 24.8 Å². The standard InChI is InChI=1S/C23H23NO3S2/c1-16-9-11-20(12-10-16)29(26,27)24-17(2)22(28-3)21-15-19(25)13-14-23(21,24)18-7-5-4-6-8-18/h4-14,21H,15H2,1-3H3/t21-,23+/m0/s1. The highest BCUT2D eigenvalue weighted by atomic mass is 32.2. The predicted molar refractivity (Wildman–Crippen MR) is 117 cm³/mol. The van der Waals surface area contributed by atoms with Crippen molar-refractivity contribution in [2.75, 3.05) is 6.26 Å². The summed E-state index contributed by atoms with van der Waals surface area (Å²) in [7, 11) is -3.84. The number of thioether (sulfide) groups is 1. The van der Waals surface area contributed by atoms with Gasteiger partial charge in [-0.2, -0.15) is 0 Å². The van der Waals surface area contributed by atoms with Crippen LogP contribution in [0.25, 0.3) is 0 Å². The van der Waals surface area contributed by atoms with Gasteiger partial charge in [0, 0.05) is 22.9 Å². The second-order valence-corrected chi connectivity index (χ2v) is 10.1. The van der Waals surface area contributed by atoms with Crippen LogP contribution in [0.2, 0.25) is 0 Å².